The number of rotatable bonds is 5. The highest BCUT2D eigenvalue weighted by Gasteiger charge is 2.51. The van der Waals surface area contributed by atoms with Gasteiger partial charge in [0.2, 0.25) is 5.60 Å². The van der Waals surface area contributed by atoms with Crippen molar-refractivity contribution in [1.82, 2.24) is 0 Å². The van der Waals surface area contributed by atoms with E-state index >= 15 is 0 Å². The van der Waals surface area contributed by atoms with Crippen LogP contribution in [0.25, 0.3) is 0 Å². The van der Waals surface area contributed by atoms with Crippen molar-refractivity contribution in [2.45, 2.75) is 5.60 Å². The average Bonchev–Trinajstić information content (AvgIpc) is 2.85. The average molecular weight is 320 g/mol. The van der Waals surface area contributed by atoms with Gasteiger partial charge in [-0.05, 0) is 18.2 Å². The molecular weight excluding hydrogens is 304 g/mol. The van der Waals surface area contributed by atoms with Crippen LogP contribution in [0.2, 0.25) is 0 Å². The van der Waals surface area contributed by atoms with Gasteiger partial charge in [-0.3, -0.25) is 4.79 Å². The monoisotopic (exact) mass is 320 g/mol. The number of hydrogen-bond donors (Lipinski definition) is 1. The Morgan fingerprint density at radius 3 is 2.58 bits per heavy atom. The fourth-order valence-electron chi connectivity index (χ4n) is 2.80. The van der Waals surface area contributed by atoms with Gasteiger partial charge >= 0.3 is 0 Å². The van der Waals surface area contributed by atoms with Crippen molar-refractivity contribution in [3.8, 4) is 11.8 Å². The first-order valence-corrected chi connectivity index (χ1v) is 7.50. The second kappa shape index (κ2) is 6.19. The lowest BCUT2D eigenvalue weighted by Crippen LogP contribution is -2.42. The molecule has 1 unspecified atom stereocenters. The summed E-state index contributed by atoms with van der Waals surface area (Å²) < 4.78 is 5.62. The lowest BCUT2D eigenvalue weighted by atomic mass is 9.89. The van der Waals surface area contributed by atoms with Gasteiger partial charge in [0.15, 0.2) is 0 Å². The van der Waals surface area contributed by atoms with Crippen LogP contribution in [0.3, 0.4) is 0 Å². The first kappa shape index (κ1) is 15.8. The number of hydrogen-bond acceptors (Lipinski definition) is 4. The van der Waals surface area contributed by atoms with E-state index in [0.29, 0.717) is 17.0 Å². The van der Waals surface area contributed by atoms with Gasteiger partial charge in [0.1, 0.15) is 12.4 Å². The van der Waals surface area contributed by atoms with Crippen LogP contribution in [-0.2, 0) is 10.4 Å². The number of para-hydroxylation sites is 2. The summed E-state index contributed by atoms with van der Waals surface area (Å²) in [6.07, 6.45) is 0. The molecule has 1 aliphatic heterocycles. The van der Waals surface area contributed by atoms with Crippen molar-refractivity contribution in [3.05, 3.63) is 72.3 Å². The summed E-state index contributed by atoms with van der Waals surface area (Å²) in [4.78, 5) is 14.2. The normalized spacial score (nSPS) is 18.8. The Morgan fingerprint density at radius 1 is 1.21 bits per heavy atom. The summed E-state index contributed by atoms with van der Waals surface area (Å²) in [5.41, 5.74) is -1.25. The van der Waals surface area contributed by atoms with Crippen LogP contribution in [0, 0.1) is 11.3 Å². The van der Waals surface area contributed by atoms with E-state index in [-0.39, 0.29) is 18.7 Å². The standard InChI is InChI=1S/C19H16N2O3/c1-14(13-20)19(23)16-9-5-6-10-17(16)21(18(19)22)11-12-24-15-7-3-2-4-8-15/h2-10,23H,1,11-12H2. The second-order valence-corrected chi connectivity index (χ2v) is 5.44. The number of amides is 1. The Balaban J connectivity index is 1.83. The molecule has 0 spiro atoms. The Hall–Kier alpha value is -3.10. The van der Waals surface area contributed by atoms with Crippen molar-refractivity contribution in [3.63, 3.8) is 0 Å². The summed E-state index contributed by atoms with van der Waals surface area (Å²) in [6, 6.07) is 17.9. The first-order valence-electron chi connectivity index (χ1n) is 7.50. The van der Waals surface area contributed by atoms with E-state index in [4.69, 9.17) is 10.00 Å². The Bertz CT molecular complexity index is 826. The molecule has 5 nitrogen and oxygen atoms in total. The summed E-state index contributed by atoms with van der Waals surface area (Å²) in [6.45, 7) is 4.07. The molecular formula is C19H16N2O3. The number of aliphatic hydroxyl groups is 1. The number of nitriles is 1. The van der Waals surface area contributed by atoms with Crippen LogP contribution in [0.15, 0.2) is 66.7 Å². The third-order valence-corrected chi connectivity index (χ3v) is 4.04. The van der Waals surface area contributed by atoms with Crippen molar-refractivity contribution < 1.29 is 14.6 Å². The molecule has 1 heterocycles. The zero-order valence-corrected chi connectivity index (χ0v) is 13.0. The highest BCUT2D eigenvalue weighted by Crippen LogP contribution is 2.43. The number of fused-ring (bicyclic) bond motifs is 1. The van der Waals surface area contributed by atoms with E-state index in [1.54, 1.807) is 30.3 Å². The summed E-state index contributed by atoms with van der Waals surface area (Å²) in [5, 5.41) is 19.9. The molecule has 0 aliphatic carbocycles. The summed E-state index contributed by atoms with van der Waals surface area (Å²) in [5.74, 6) is 0.126. The van der Waals surface area contributed by atoms with Gasteiger partial charge in [-0.25, -0.2) is 0 Å². The van der Waals surface area contributed by atoms with Crippen molar-refractivity contribution in [1.29, 1.82) is 5.26 Å². The predicted octanol–water partition coefficient (Wildman–Crippen LogP) is 2.38. The maximum absolute atomic E-state index is 12.7. The van der Waals surface area contributed by atoms with Crippen LogP contribution in [0.5, 0.6) is 5.75 Å². The fourth-order valence-corrected chi connectivity index (χ4v) is 2.80. The third kappa shape index (κ3) is 2.43. The number of carbonyl (C=O) groups excluding carboxylic acids is 1. The van der Waals surface area contributed by atoms with E-state index in [1.807, 2.05) is 30.3 Å². The molecule has 24 heavy (non-hydrogen) atoms. The Kier molecular flexibility index (Phi) is 4.07. The zero-order chi connectivity index (χ0) is 17.2. The second-order valence-electron chi connectivity index (χ2n) is 5.44. The lowest BCUT2D eigenvalue weighted by Gasteiger charge is -2.22. The molecule has 2 aromatic carbocycles. The quantitative estimate of drug-likeness (QED) is 0.859. The molecule has 1 N–H and O–H groups in total. The van der Waals surface area contributed by atoms with Gasteiger partial charge in [0.25, 0.3) is 5.91 Å². The van der Waals surface area contributed by atoms with E-state index in [0.717, 1.165) is 0 Å². The topological polar surface area (TPSA) is 73.6 Å². The van der Waals surface area contributed by atoms with E-state index in [2.05, 4.69) is 6.58 Å². The zero-order valence-electron chi connectivity index (χ0n) is 13.0. The predicted molar refractivity (Wildman–Crippen MR) is 89.4 cm³/mol. The molecule has 3 rings (SSSR count). The Labute approximate surface area is 140 Å². The van der Waals surface area contributed by atoms with Gasteiger partial charge in [-0.2, -0.15) is 5.26 Å². The molecule has 1 aliphatic rings. The minimum Gasteiger partial charge on any atom is -0.492 e. The smallest absolute Gasteiger partial charge is 0.269 e. The van der Waals surface area contributed by atoms with E-state index in [1.165, 1.54) is 4.90 Å². The summed E-state index contributed by atoms with van der Waals surface area (Å²) in [7, 11) is 0. The third-order valence-electron chi connectivity index (χ3n) is 4.04. The van der Waals surface area contributed by atoms with Crippen LogP contribution in [0.1, 0.15) is 5.56 Å². The first-order chi connectivity index (χ1) is 11.6. The molecule has 0 fully saturated rings. The van der Waals surface area contributed by atoms with Gasteiger partial charge in [-0.15, -0.1) is 0 Å². The summed E-state index contributed by atoms with van der Waals surface area (Å²) >= 11 is 0. The van der Waals surface area contributed by atoms with Crippen LogP contribution in [0.4, 0.5) is 5.69 Å². The van der Waals surface area contributed by atoms with Crippen LogP contribution < -0.4 is 9.64 Å². The molecule has 0 bridgehead atoms. The SMILES string of the molecule is C=C(C#N)C1(O)C(=O)N(CCOc2ccccc2)c2ccccc21. The molecule has 5 heteroatoms. The van der Waals surface area contributed by atoms with Gasteiger partial charge in [0, 0.05) is 5.56 Å². The van der Waals surface area contributed by atoms with Crippen LogP contribution >= 0.6 is 0 Å². The van der Waals surface area contributed by atoms with Crippen molar-refractivity contribution in [2.24, 2.45) is 0 Å². The van der Waals surface area contributed by atoms with Crippen molar-refractivity contribution >= 4 is 11.6 Å². The van der Waals surface area contributed by atoms with E-state index < -0.39 is 11.5 Å². The molecule has 1 amide bonds. The number of nitrogens with zero attached hydrogens (tertiary/aromatic N) is 2. The maximum Gasteiger partial charge on any atom is 0.269 e. The molecule has 0 saturated heterocycles. The van der Waals surface area contributed by atoms with Crippen LogP contribution in [-0.4, -0.2) is 24.2 Å². The number of carbonyl (C=O) groups is 1. The van der Waals surface area contributed by atoms with E-state index in [9.17, 15) is 9.90 Å². The molecule has 1 atom stereocenters. The molecule has 2 aromatic rings. The largest absolute Gasteiger partial charge is 0.492 e. The number of ether oxygens (including phenoxy) is 1. The highest BCUT2D eigenvalue weighted by molar-refractivity contribution is 6.09. The van der Waals surface area contributed by atoms with Gasteiger partial charge in [-0.1, -0.05) is 43.0 Å². The Morgan fingerprint density at radius 2 is 1.88 bits per heavy atom. The van der Waals surface area contributed by atoms with Gasteiger partial charge in [0.05, 0.1) is 23.9 Å². The minimum absolute atomic E-state index is 0.188. The minimum atomic E-state index is -2.00. The molecule has 120 valence electrons. The highest BCUT2D eigenvalue weighted by atomic mass is 16.5. The maximum atomic E-state index is 12.7. The lowest BCUT2D eigenvalue weighted by molar-refractivity contribution is -0.132. The fraction of sp³-hybridized carbons (Fsp3) is 0.158. The van der Waals surface area contributed by atoms with Crippen molar-refractivity contribution in [2.75, 3.05) is 18.1 Å². The molecule has 0 aromatic heterocycles. The molecule has 0 saturated carbocycles. The van der Waals surface area contributed by atoms with Gasteiger partial charge < -0.3 is 14.7 Å². The number of anilines is 1. The molecule has 0 radical (unpaired) electrons. The number of benzene rings is 2.